The number of aromatic hydroxyl groups is 2. The van der Waals surface area contributed by atoms with E-state index in [0.29, 0.717) is 44.9 Å². The highest BCUT2D eigenvalue weighted by molar-refractivity contribution is 6.06. The molecular formula is C34H32O6. The smallest absolute Gasteiger partial charge is 0.167 e. The van der Waals surface area contributed by atoms with Gasteiger partial charge in [-0.05, 0) is 37.1 Å². The largest absolute Gasteiger partial charge is 0.508 e. The number of Topliss-reactive ketones (excluding diaryl/α,β-unsaturated/α-hetero) is 2. The number of benzene rings is 4. The van der Waals surface area contributed by atoms with Crippen molar-refractivity contribution in [2.45, 2.75) is 25.7 Å². The van der Waals surface area contributed by atoms with Crippen LogP contribution in [0.25, 0.3) is 0 Å². The van der Waals surface area contributed by atoms with E-state index in [4.69, 9.17) is 9.47 Å². The van der Waals surface area contributed by atoms with E-state index < -0.39 is 23.7 Å². The van der Waals surface area contributed by atoms with Crippen molar-refractivity contribution >= 4 is 11.6 Å². The Morgan fingerprint density at radius 1 is 0.575 bits per heavy atom. The molecule has 0 aliphatic heterocycles. The maximum Gasteiger partial charge on any atom is 0.167 e. The standard InChI is InChI=1S/C34H32O6/c1-19-25(35)17-15-23(33(19)39-3)27-29(31(37)21-11-7-5-8-12-21)28(24-16-18-26(36)20(2)34(24)40-4)30(27)32(38)22-13-9-6-10-14-22/h5-18,27-30,35-36H,1-4H3. The monoisotopic (exact) mass is 536 g/mol. The summed E-state index contributed by atoms with van der Waals surface area (Å²) in [5, 5.41) is 20.9. The second kappa shape index (κ2) is 10.9. The normalized spacial score (nSPS) is 19.9. The molecule has 0 heterocycles. The first-order valence-electron chi connectivity index (χ1n) is 13.2. The summed E-state index contributed by atoms with van der Waals surface area (Å²) >= 11 is 0. The van der Waals surface area contributed by atoms with E-state index in [0.717, 1.165) is 0 Å². The minimum absolute atomic E-state index is 0.0733. The van der Waals surface area contributed by atoms with Gasteiger partial charge in [-0.1, -0.05) is 72.8 Å². The third-order valence-corrected chi connectivity index (χ3v) is 8.21. The van der Waals surface area contributed by atoms with Crippen molar-refractivity contribution in [3.8, 4) is 23.0 Å². The Hall–Kier alpha value is -4.58. The van der Waals surface area contributed by atoms with Crippen LogP contribution in [0, 0.1) is 25.7 Å². The molecule has 1 aliphatic rings. The molecule has 4 aromatic carbocycles. The molecule has 40 heavy (non-hydrogen) atoms. The van der Waals surface area contributed by atoms with Crippen LogP contribution in [-0.2, 0) is 0 Å². The number of methoxy groups -OCH3 is 2. The highest BCUT2D eigenvalue weighted by Crippen LogP contribution is 2.63. The molecule has 204 valence electrons. The summed E-state index contributed by atoms with van der Waals surface area (Å²) in [4.78, 5) is 28.6. The number of hydrogen-bond donors (Lipinski definition) is 2. The van der Waals surface area contributed by atoms with Crippen molar-refractivity contribution in [1.29, 1.82) is 0 Å². The molecule has 2 N–H and O–H groups in total. The molecule has 1 saturated carbocycles. The third-order valence-electron chi connectivity index (χ3n) is 8.21. The molecule has 0 saturated heterocycles. The number of rotatable bonds is 8. The summed E-state index contributed by atoms with van der Waals surface area (Å²) in [6.07, 6.45) is 0. The fraction of sp³-hybridized carbons (Fsp3) is 0.235. The summed E-state index contributed by atoms with van der Waals surface area (Å²) in [6, 6.07) is 24.8. The first-order valence-corrected chi connectivity index (χ1v) is 13.2. The average Bonchev–Trinajstić information content (AvgIpc) is 2.97. The Morgan fingerprint density at radius 3 is 1.25 bits per heavy atom. The zero-order valence-corrected chi connectivity index (χ0v) is 22.9. The second-order valence-electron chi connectivity index (χ2n) is 10.2. The van der Waals surface area contributed by atoms with Gasteiger partial charge in [0, 0.05) is 45.9 Å². The number of phenolic OH excluding ortho intramolecular Hbond substituents is 2. The Kier molecular flexibility index (Phi) is 7.35. The zero-order valence-electron chi connectivity index (χ0n) is 22.9. The lowest BCUT2D eigenvalue weighted by atomic mass is 9.49. The van der Waals surface area contributed by atoms with Crippen LogP contribution in [0.3, 0.4) is 0 Å². The molecule has 0 aromatic heterocycles. The summed E-state index contributed by atoms with van der Waals surface area (Å²) in [5.74, 6) is -1.53. The van der Waals surface area contributed by atoms with E-state index in [2.05, 4.69) is 0 Å². The predicted molar refractivity (Wildman–Crippen MR) is 153 cm³/mol. The van der Waals surface area contributed by atoms with Crippen molar-refractivity contribution in [3.63, 3.8) is 0 Å². The minimum Gasteiger partial charge on any atom is -0.508 e. The summed E-state index contributed by atoms with van der Waals surface area (Å²) < 4.78 is 11.5. The van der Waals surface area contributed by atoms with Crippen LogP contribution in [0.4, 0.5) is 0 Å². The highest BCUT2D eigenvalue weighted by atomic mass is 16.5. The number of hydrogen-bond acceptors (Lipinski definition) is 6. The van der Waals surface area contributed by atoms with E-state index in [1.807, 2.05) is 36.4 Å². The van der Waals surface area contributed by atoms with Crippen LogP contribution in [0.2, 0.25) is 0 Å². The minimum atomic E-state index is -0.643. The maximum absolute atomic E-state index is 14.3. The van der Waals surface area contributed by atoms with Gasteiger partial charge < -0.3 is 19.7 Å². The zero-order chi connectivity index (χ0) is 28.6. The summed E-state index contributed by atoms with van der Waals surface area (Å²) in [7, 11) is 3.05. The van der Waals surface area contributed by atoms with E-state index in [1.165, 1.54) is 14.2 Å². The molecule has 6 heteroatoms. The van der Waals surface area contributed by atoms with Gasteiger partial charge in [-0.3, -0.25) is 9.59 Å². The van der Waals surface area contributed by atoms with E-state index >= 15 is 0 Å². The lowest BCUT2D eigenvalue weighted by molar-refractivity contribution is 0.0480. The van der Waals surface area contributed by atoms with Crippen LogP contribution in [0.1, 0.15) is 54.8 Å². The molecule has 0 amide bonds. The molecule has 0 unspecified atom stereocenters. The Labute approximate surface area is 233 Å². The van der Waals surface area contributed by atoms with E-state index in [-0.39, 0.29) is 23.1 Å². The van der Waals surface area contributed by atoms with E-state index in [9.17, 15) is 19.8 Å². The summed E-state index contributed by atoms with van der Waals surface area (Å²) in [5.41, 5.74) is 3.53. The van der Waals surface area contributed by atoms with Gasteiger partial charge in [0.25, 0.3) is 0 Å². The van der Waals surface area contributed by atoms with Crippen molar-refractivity contribution in [2.24, 2.45) is 11.8 Å². The lowest BCUT2D eigenvalue weighted by Gasteiger charge is -2.51. The lowest BCUT2D eigenvalue weighted by Crippen LogP contribution is -2.51. The molecule has 1 fully saturated rings. The highest BCUT2D eigenvalue weighted by Gasteiger charge is 2.59. The molecule has 5 rings (SSSR count). The molecule has 0 bridgehead atoms. The van der Waals surface area contributed by atoms with Crippen LogP contribution >= 0.6 is 0 Å². The molecule has 6 nitrogen and oxygen atoms in total. The first kappa shape index (κ1) is 27.0. The number of carbonyl (C=O) groups excluding carboxylic acids is 2. The van der Waals surface area contributed by atoms with Crippen LogP contribution < -0.4 is 9.47 Å². The van der Waals surface area contributed by atoms with Gasteiger partial charge in [-0.15, -0.1) is 0 Å². The van der Waals surface area contributed by atoms with Crippen LogP contribution in [-0.4, -0.2) is 36.0 Å². The second-order valence-corrected chi connectivity index (χ2v) is 10.2. The van der Waals surface area contributed by atoms with Crippen molar-refractivity contribution in [2.75, 3.05) is 14.2 Å². The fourth-order valence-electron chi connectivity index (χ4n) is 6.24. The average molecular weight is 537 g/mol. The summed E-state index contributed by atoms with van der Waals surface area (Å²) in [6.45, 7) is 3.50. The Bertz CT molecular complexity index is 1430. The number of ketones is 2. The molecule has 4 aromatic rings. The predicted octanol–water partition coefficient (Wildman–Crippen LogP) is 6.61. The van der Waals surface area contributed by atoms with Gasteiger partial charge in [0.15, 0.2) is 11.6 Å². The van der Waals surface area contributed by atoms with Crippen molar-refractivity contribution in [1.82, 2.24) is 0 Å². The molecule has 0 spiro atoms. The van der Waals surface area contributed by atoms with Gasteiger partial charge in [0.1, 0.15) is 23.0 Å². The van der Waals surface area contributed by atoms with E-state index in [1.54, 1.807) is 62.4 Å². The third kappa shape index (κ3) is 4.39. The first-order chi connectivity index (χ1) is 19.3. The van der Waals surface area contributed by atoms with Crippen LogP contribution in [0.5, 0.6) is 23.0 Å². The number of carbonyl (C=O) groups is 2. The quantitative estimate of drug-likeness (QED) is 0.246. The van der Waals surface area contributed by atoms with Gasteiger partial charge in [-0.25, -0.2) is 0 Å². The Morgan fingerprint density at radius 2 is 0.925 bits per heavy atom. The van der Waals surface area contributed by atoms with Gasteiger partial charge >= 0.3 is 0 Å². The number of ether oxygens (including phenoxy) is 2. The Balaban J connectivity index is 1.78. The maximum atomic E-state index is 14.3. The van der Waals surface area contributed by atoms with Crippen molar-refractivity contribution < 1.29 is 29.3 Å². The SMILES string of the molecule is COc1c(C2C(C(=O)c3ccccc3)C(c3ccc(O)c(C)c3OC)C2C(=O)c2ccccc2)ccc(O)c1C. The van der Waals surface area contributed by atoms with Gasteiger partial charge in [-0.2, -0.15) is 0 Å². The van der Waals surface area contributed by atoms with Crippen LogP contribution in [0.15, 0.2) is 84.9 Å². The molecule has 0 atom stereocenters. The molecular weight excluding hydrogens is 504 g/mol. The molecule has 1 aliphatic carbocycles. The van der Waals surface area contributed by atoms with Gasteiger partial charge in [0.2, 0.25) is 0 Å². The number of phenols is 2. The molecule has 0 radical (unpaired) electrons. The van der Waals surface area contributed by atoms with Gasteiger partial charge in [0.05, 0.1) is 14.2 Å². The van der Waals surface area contributed by atoms with Crippen molar-refractivity contribution in [3.05, 3.63) is 118 Å². The topological polar surface area (TPSA) is 93.1 Å². The fourth-order valence-corrected chi connectivity index (χ4v) is 6.24.